The van der Waals surface area contributed by atoms with Crippen LogP contribution >= 0.6 is 0 Å². The maximum absolute atomic E-state index is 4.07. The van der Waals surface area contributed by atoms with Gasteiger partial charge in [-0.15, -0.1) is 0 Å². The van der Waals surface area contributed by atoms with Crippen molar-refractivity contribution in [1.29, 1.82) is 0 Å². The van der Waals surface area contributed by atoms with Crippen molar-refractivity contribution < 1.29 is 0 Å². The van der Waals surface area contributed by atoms with Gasteiger partial charge in [-0.05, 0) is 31.4 Å². The van der Waals surface area contributed by atoms with Crippen molar-refractivity contribution in [2.24, 2.45) is 0 Å². The van der Waals surface area contributed by atoms with Gasteiger partial charge >= 0.3 is 0 Å². The summed E-state index contributed by atoms with van der Waals surface area (Å²) in [5.74, 6) is 0. The highest BCUT2D eigenvalue weighted by atomic mass is 14.0. The predicted octanol–water partition coefficient (Wildman–Crippen LogP) is 4.06. The Balaban J connectivity index is 2.70. The molecule has 13 heavy (non-hydrogen) atoms. The van der Waals surface area contributed by atoms with Crippen LogP contribution in [-0.2, 0) is 0 Å². The van der Waals surface area contributed by atoms with E-state index in [0.29, 0.717) is 0 Å². The summed E-state index contributed by atoms with van der Waals surface area (Å²) in [6.45, 7) is 8.27. The van der Waals surface area contributed by atoms with Crippen molar-refractivity contribution in [1.82, 2.24) is 0 Å². The minimum Gasteiger partial charge on any atom is -0.0949 e. The fourth-order valence-electron chi connectivity index (χ4n) is 1.21. The van der Waals surface area contributed by atoms with Gasteiger partial charge in [0.1, 0.15) is 0 Å². The lowest BCUT2D eigenvalue weighted by molar-refractivity contribution is 1.21. The highest BCUT2D eigenvalue weighted by Crippen LogP contribution is 2.19. The number of allylic oxidation sites excluding steroid dienone is 3. The van der Waals surface area contributed by atoms with Crippen molar-refractivity contribution >= 4 is 5.57 Å². The van der Waals surface area contributed by atoms with E-state index in [4.69, 9.17) is 0 Å². The van der Waals surface area contributed by atoms with Gasteiger partial charge in [0.25, 0.3) is 0 Å². The Morgan fingerprint density at radius 1 is 1.31 bits per heavy atom. The molecule has 0 atom stereocenters. The second-order valence-corrected chi connectivity index (χ2v) is 3.28. The smallest absolute Gasteiger partial charge is 0.00699 e. The SMILES string of the molecule is C=C(C/C(C)=C\C)c1ccccc1. The van der Waals surface area contributed by atoms with E-state index in [1.54, 1.807) is 0 Å². The van der Waals surface area contributed by atoms with E-state index in [1.165, 1.54) is 16.7 Å². The number of rotatable bonds is 3. The maximum Gasteiger partial charge on any atom is -0.00699 e. The molecule has 0 aliphatic carbocycles. The molecule has 0 fully saturated rings. The second kappa shape index (κ2) is 4.66. The molecule has 0 radical (unpaired) electrons. The number of hydrogen-bond acceptors (Lipinski definition) is 0. The first-order valence-corrected chi connectivity index (χ1v) is 4.59. The normalized spacial score (nSPS) is 11.4. The molecular weight excluding hydrogens is 156 g/mol. The summed E-state index contributed by atoms with van der Waals surface area (Å²) in [5, 5.41) is 0. The Bertz CT molecular complexity index is 304. The van der Waals surface area contributed by atoms with Gasteiger partial charge in [0.15, 0.2) is 0 Å². The van der Waals surface area contributed by atoms with Gasteiger partial charge in [0.05, 0.1) is 0 Å². The molecule has 1 aromatic rings. The molecule has 0 heteroatoms. The number of benzene rings is 1. The van der Waals surface area contributed by atoms with Crippen molar-refractivity contribution in [3.63, 3.8) is 0 Å². The Hall–Kier alpha value is -1.30. The fourth-order valence-corrected chi connectivity index (χ4v) is 1.21. The molecule has 0 unspecified atom stereocenters. The van der Waals surface area contributed by atoms with Gasteiger partial charge in [-0.1, -0.05) is 48.6 Å². The molecule has 0 aliphatic rings. The lowest BCUT2D eigenvalue weighted by atomic mass is 10.0. The van der Waals surface area contributed by atoms with E-state index in [-0.39, 0.29) is 0 Å². The first kappa shape index (κ1) is 9.79. The first-order valence-electron chi connectivity index (χ1n) is 4.59. The van der Waals surface area contributed by atoms with Gasteiger partial charge in [0.2, 0.25) is 0 Å². The Morgan fingerprint density at radius 3 is 2.46 bits per heavy atom. The molecule has 1 aromatic carbocycles. The second-order valence-electron chi connectivity index (χ2n) is 3.28. The van der Waals surface area contributed by atoms with E-state index in [9.17, 15) is 0 Å². The van der Waals surface area contributed by atoms with Crippen LogP contribution in [0.1, 0.15) is 25.8 Å². The molecule has 0 N–H and O–H groups in total. The summed E-state index contributed by atoms with van der Waals surface area (Å²) in [4.78, 5) is 0. The van der Waals surface area contributed by atoms with E-state index in [1.807, 2.05) is 18.2 Å². The van der Waals surface area contributed by atoms with Crippen LogP contribution < -0.4 is 0 Å². The number of hydrogen-bond donors (Lipinski definition) is 0. The lowest BCUT2D eigenvalue weighted by Crippen LogP contribution is -1.83. The third-order valence-corrected chi connectivity index (χ3v) is 2.17. The molecule has 0 aliphatic heterocycles. The summed E-state index contributed by atoms with van der Waals surface area (Å²) in [6, 6.07) is 10.3. The van der Waals surface area contributed by atoms with Crippen LogP contribution in [0.3, 0.4) is 0 Å². The molecule has 0 heterocycles. The molecular formula is C13H16. The first-order chi connectivity index (χ1) is 6.24. The van der Waals surface area contributed by atoms with Crippen molar-refractivity contribution in [3.8, 4) is 0 Å². The van der Waals surface area contributed by atoms with Gasteiger partial charge in [-0.2, -0.15) is 0 Å². The maximum atomic E-state index is 4.07. The molecule has 0 saturated heterocycles. The molecule has 0 aromatic heterocycles. The van der Waals surface area contributed by atoms with Crippen LogP contribution in [0.25, 0.3) is 5.57 Å². The van der Waals surface area contributed by atoms with Crippen LogP contribution in [0, 0.1) is 0 Å². The van der Waals surface area contributed by atoms with Crippen molar-refractivity contribution in [2.45, 2.75) is 20.3 Å². The fraction of sp³-hybridized carbons (Fsp3) is 0.231. The zero-order valence-electron chi connectivity index (χ0n) is 8.38. The van der Waals surface area contributed by atoms with Gasteiger partial charge < -0.3 is 0 Å². The van der Waals surface area contributed by atoms with Crippen molar-refractivity contribution in [2.75, 3.05) is 0 Å². The highest BCUT2D eigenvalue weighted by molar-refractivity contribution is 5.65. The Morgan fingerprint density at radius 2 is 1.92 bits per heavy atom. The lowest BCUT2D eigenvalue weighted by Gasteiger charge is -2.05. The summed E-state index contributed by atoms with van der Waals surface area (Å²) < 4.78 is 0. The third kappa shape index (κ3) is 2.90. The predicted molar refractivity (Wildman–Crippen MR) is 59.5 cm³/mol. The Kier molecular flexibility index (Phi) is 3.51. The average Bonchev–Trinajstić information content (AvgIpc) is 2.19. The van der Waals surface area contributed by atoms with Crippen LogP contribution in [0.4, 0.5) is 0 Å². The molecule has 0 nitrogen and oxygen atoms in total. The quantitative estimate of drug-likeness (QED) is 0.603. The van der Waals surface area contributed by atoms with E-state index < -0.39 is 0 Å². The van der Waals surface area contributed by atoms with E-state index in [0.717, 1.165) is 6.42 Å². The summed E-state index contributed by atoms with van der Waals surface area (Å²) in [7, 11) is 0. The summed E-state index contributed by atoms with van der Waals surface area (Å²) in [5.41, 5.74) is 3.80. The zero-order valence-corrected chi connectivity index (χ0v) is 8.38. The molecule has 0 amide bonds. The minimum absolute atomic E-state index is 0.973. The zero-order chi connectivity index (χ0) is 9.68. The van der Waals surface area contributed by atoms with Crippen LogP contribution in [0.5, 0.6) is 0 Å². The monoisotopic (exact) mass is 172 g/mol. The standard InChI is InChI=1S/C13H16/c1-4-11(2)10-12(3)13-8-6-5-7-9-13/h4-9H,3,10H2,1-2H3/b11-4-. The summed E-state index contributed by atoms with van der Waals surface area (Å²) >= 11 is 0. The Labute approximate surface area is 80.6 Å². The highest BCUT2D eigenvalue weighted by Gasteiger charge is 1.97. The van der Waals surface area contributed by atoms with Crippen LogP contribution in [0.2, 0.25) is 0 Å². The van der Waals surface area contributed by atoms with E-state index >= 15 is 0 Å². The van der Waals surface area contributed by atoms with Crippen LogP contribution in [-0.4, -0.2) is 0 Å². The van der Waals surface area contributed by atoms with Gasteiger partial charge in [-0.25, -0.2) is 0 Å². The molecule has 1 rings (SSSR count). The topological polar surface area (TPSA) is 0 Å². The summed E-state index contributed by atoms with van der Waals surface area (Å²) in [6.07, 6.45) is 3.11. The average molecular weight is 172 g/mol. The molecule has 0 spiro atoms. The van der Waals surface area contributed by atoms with E-state index in [2.05, 4.69) is 38.6 Å². The minimum atomic E-state index is 0.973. The van der Waals surface area contributed by atoms with Crippen molar-refractivity contribution in [3.05, 3.63) is 54.1 Å². The molecule has 0 bridgehead atoms. The molecule has 68 valence electrons. The van der Waals surface area contributed by atoms with Crippen LogP contribution in [0.15, 0.2) is 48.6 Å². The van der Waals surface area contributed by atoms with Gasteiger partial charge in [-0.3, -0.25) is 0 Å². The molecule has 0 saturated carbocycles. The third-order valence-electron chi connectivity index (χ3n) is 2.17. The van der Waals surface area contributed by atoms with Gasteiger partial charge in [0, 0.05) is 0 Å². The largest absolute Gasteiger partial charge is 0.0949 e.